The summed E-state index contributed by atoms with van der Waals surface area (Å²) in [5.41, 5.74) is 4.11. The summed E-state index contributed by atoms with van der Waals surface area (Å²) >= 11 is 1.60. The number of amides is 1. The number of nitrogens with one attached hydrogen (secondary N) is 1. The van der Waals surface area contributed by atoms with E-state index in [4.69, 9.17) is 0 Å². The lowest BCUT2D eigenvalue weighted by Crippen LogP contribution is -2.25. The molecule has 1 amide bonds. The fraction of sp³-hybridized carbons (Fsp3) is 0.167. The molecule has 10 nitrogen and oxygen atoms in total. The molecular formula is C18H15N9OS. The van der Waals surface area contributed by atoms with E-state index in [9.17, 15) is 4.79 Å². The molecule has 0 atom stereocenters. The van der Waals surface area contributed by atoms with E-state index >= 15 is 0 Å². The second kappa shape index (κ2) is 6.71. The summed E-state index contributed by atoms with van der Waals surface area (Å²) in [7, 11) is 0. The van der Waals surface area contributed by atoms with Crippen LogP contribution in [0.3, 0.4) is 0 Å². The number of fused-ring (bicyclic) bond motifs is 2. The van der Waals surface area contributed by atoms with E-state index in [1.807, 2.05) is 48.9 Å². The Kier molecular flexibility index (Phi) is 4.02. The van der Waals surface area contributed by atoms with Crippen LogP contribution in [0.25, 0.3) is 22.7 Å². The fourth-order valence-corrected chi connectivity index (χ4v) is 3.66. The highest BCUT2D eigenvalue weighted by molar-refractivity contribution is 7.08. The van der Waals surface area contributed by atoms with Crippen LogP contribution in [0.4, 0.5) is 0 Å². The second-order valence-corrected chi connectivity index (χ2v) is 7.27. The van der Waals surface area contributed by atoms with Crippen LogP contribution in [0.1, 0.15) is 27.8 Å². The topological polar surface area (TPSA) is 115 Å². The van der Waals surface area contributed by atoms with Crippen LogP contribution in [-0.4, -0.2) is 45.3 Å². The van der Waals surface area contributed by atoms with Gasteiger partial charge in [-0.05, 0) is 43.5 Å². The molecule has 0 spiro atoms. The van der Waals surface area contributed by atoms with Gasteiger partial charge in [0.15, 0.2) is 11.5 Å². The standard InChI is InChI=1S/C18H15N9OS/c1-10-7-11(2)26-18(20-10)21-16(25-26)17(28)19-8-15-23-22-14-4-3-13(24-27(14)15)12-5-6-29-9-12/h3-7,9H,8H2,1-2H3,(H,19,28). The molecule has 0 bridgehead atoms. The number of hydrogen-bond acceptors (Lipinski definition) is 8. The third kappa shape index (κ3) is 3.10. The number of hydrogen-bond donors (Lipinski definition) is 1. The average molecular weight is 405 g/mol. The Labute approximate surface area is 168 Å². The maximum atomic E-state index is 12.5. The van der Waals surface area contributed by atoms with Gasteiger partial charge in [-0.25, -0.2) is 9.50 Å². The van der Waals surface area contributed by atoms with Crippen molar-refractivity contribution in [3.8, 4) is 11.3 Å². The van der Waals surface area contributed by atoms with Crippen molar-refractivity contribution < 1.29 is 4.79 Å². The number of carbonyl (C=O) groups is 1. The van der Waals surface area contributed by atoms with Gasteiger partial charge >= 0.3 is 0 Å². The molecule has 5 heterocycles. The molecule has 5 rings (SSSR count). The number of rotatable bonds is 4. The Morgan fingerprint density at radius 3 is 2.83 bits per heavy atom. The molecule has 0 aliphatic carbocycles. The van der Waals surface area contributed by atoms with Crippen LogP contribution in [-0.2, 0) is 6.54 Å². The summed E-state index contributed by atoms with van der Waals surface area (Å²) in [5, 5.41) is 23.9. The summed E-state index contributed by atoms with van der Waals surface area (Å²) in [5.74, 6) is 0.534. The Bertz CT molecular complexity index is 1350. The first-order valence-corrected chi connectivity index (χ1v) is 9.76. The van der Waals surface area contributed by atoms with Gasteiger partial charge in [-0.1, -0.05) is 0 Å². The van der Waals surface area contributed by atoms with Gasteiger partial charge in [0, 0.05) is 22.3 Å². The highest BCUT2D eigenvalue weighted by atomic mass is 32.1. The van der Waals surface area contributed by atoms with E-state index in [-0.39, 0.29) is 12.4 Å². The molecule has 0 fully saturated rings. The molecule has 5 aromatic rings. The third-order valence-electron chi connectivity index (χ3n) is 4.37. The van der Waals surface area contributed by atoms with E-state index in [1.165, 1.54) is 0 Å². The second-order valence-electron chi connectivity index (χ2n) is 6.49. The summed E-state index contributed by atoms with van der Waals surface area (Å²) in [4.78, 5) is 21.1. The number of thiophene rings is 1. The predicted octanol–water partition coefficient (Wildman–Crippen LogP) is 1.84. The highest BCUT2D eigenvalue weighted by Gasteiger charge is 2.16. The molecule has 0 aromatic carbocycles. The van der Waals surface area contributed by atoms with E-state index < -0.39 is 5.91 Å². The van der Waals surface area contributed by atoms with Crippen molar-refractivity contribution in [2.24, 2.45) is 0 Å². The number of carbonyl (C=O) groups excluding carboxylic acids is 1. The monoisotopic (exact) mass is 405 g/mol. The van der Waals surface area contributed by atoms with Crippen LogP contribution in [0.5, 0.6) is 0 Å². The summed E-state index contributed by atoms with van der Waals surface area (Å²) in [6.45, 7) is 3.90. The van der Waals surface area contributed by atoms with Crippen LogP contribution in [0, 0.1) is 13.8 Å². The highest BCUT2D eigenvalue weighted by Crippen LogP contribution is 2.20. The summed E-state index contributed by atoms with van der Waals surface area (Å²) in [6, 6.07) is 7.62. The molecule has 144 valence electrons. The molecule has 0 radical (unpaired) electrons. The Hall–Kier alpha value is -3.73. The maximum absolute atomic E-state index is 12.5. The lowest BCUT2D eigenvalue weighted by molar-refractivity contribution is 0.0939. The van der Waals surface area contributed by atoms with Gasteiger partial charge in [-0.2, -0.15) is 25.9 Å². The van der Waals surface area contributed by atoms with Crippen molar-refractivity contribution in [3.63, 3.8) is 0 Å². The Balaban J connectivity index is 1.39. The van der Waals surface area contributed by atoms with Crippen molar-refractivity contribution >= 4 is 28.7 Å². The van der Waals surface area contributed by atoms with Gasteiger partial charge in [0.2, 0.25) is 5.82 Å². The summed E-state index contributed by atoms with van der Waals surface area (Å²) < 4.78 is 3.17. The number of aromatic nitrogens is 8. The molecule has 0 saturated heterocycles. The number of nitrogens with zero attached hydrogens (tertiary/aromatic N) is 8. The SMILES string of the molecule is Cc1cc(C)n2nc(C(=O)NCc3nnc4ccc(-c5ccsc5)nn34)nc2n1. The molecule has 0 aliphatic heterocycles. The van der Waals surface area contributed by atoms with Crippen LogP contribution < -0.4 is 5.32 Å². The molecule has 1 N–H and O–H groups in total. The minimum Gasteiger partial charge on any atom is -0.342 e. The zero-order valence-corrected chi connectivity index (χ0v) is 16.4. The Morgan fingerprint density at radius 1 is 1.10 bits per heavy atom. The molecule has 5 aromatic heterocycles. The maximum Gasteiger partial charge on any atom is 0.291 e. The first-order chi connectivity index (χ1) is 14.1. The lowest BCUT2D eigenvalue weighted by atomic mass is 10.2. The van der Waals surface area contributed by atoms with Gasteiger partial charge in [0.25, 0.3) is 11.7 Å². The molecule has 0 aliphatic rings. The molecular weight excluding hydrogens is 390 g/mol. The third-order valence-corrected chi connectivity index (χ3v) is 5.06. The van der Waals surface area contributed by atoms with E-state index in [2.05, 4.69) is 35.7 Å². The number of aryl methyl sites for hydroxylation is 2. The largest absolute Gasteiger partial charge is 0.342 e. The van der Waals surface area contributed by atoms with Crippen molar-refractivity contribution in [2.45, 2.75) is 20.4 Å². The minimum absolute atomic E-state index is 0.0481. The smallest absolute Gasteiger partial charge is 0.291 e. The predicted molar refractivity (Wildman–Crippen MR) is 106 cm³/mol. The van der Waals surface area contributed by atoms with Gasteiger partial charge in [-0.3, -0.25) is 4.79 Å². The molecule has 0 saturated carbocycles. The zero-order chi connectivity index (χ0) is 20.0. The van der Waals surface area contributed by atoms with Crippen LogP contribution in [0.15, 0.2) is 35.0 Å². The van der Waals surface area contributed by atoms with E-state index in [1.54, 1.807) is 20.4 Å². The van der Waals surface area contributed by atoms with Crippen LogP contribution >= 0.6 is 11.3 Å². The first-order valence-electron chi connectivity index (χ1n) is 8.81. The fourth-order valence-electron chi connectivity index (χ4n) is 3.01. The minimum atomic E-state index is -0.418. The normalized spacial score (nSPS) is 11.4. The van der Waals surface area contributed by atoms with Crippen molar-refractivity contribution in [2.75, 3.05) is 0 Å². The molecule has 11 heteroatoms. The van der Waals surface area contributed by atoms with E-state index in [0.717, 1.165) is 22.6 Å². The van der Waals surface area contributed by atoms with Crippen LogP contribution in [0.2, 0.25) is 0 Å². The lowest BCUT2D eigenvalue weighted by Gasteiger charge is -2.02. The molecule has 0 unspecified atom stereocenters. The molecule has 29 heavy (non-hydrogen) atoms. The zero-order valence-electron chi connectivity index (χ0n) is 15.6. The van der Waals surface area contributed by atoms with Crippen molar-refractivity contribution in [3.05, 3.63) is 58.1 Å². The summed E-state index contributed by atoms with van der Waals surface area (Å²) in [6.07, 6.45) is 0. The van der Waals surface area contributed by atoms with Gasteiger partial charge < -0.3 is 5.32 Å². The average Bonchev–Trinajstić information content (AvgIpc) is 3.44. The van der Waals surface area contributed by atoms with Gasteiger partial charge in [0.1, 0.15) is 0 Å². The van der Waals surface area contributed by atoms with Gasteiger partial charge in [0.05, 0.1) is 12.2 Å². The van der Waals surface area contributed by atoms with Crippen molar-refractivity contribution in [1.29, 1.82) is 0 Å². The van der Waals surface area contributed by atoms with Crippen molar-refractivity contribution in [1.82, 2.24) is 44.7 Å². The quantitative estimate of drug-likeness (QED) is 0.485. The Morgan fingerprint density at radius 2 is 2.00 bits per heavy atom. The van der Waals surface area contributed by atoms with E-state index in [0.29, 0.717) is 17.2 Å². The first kappa shape index (κ1) is 17.4. The van der Waals surface area contributed by atoms with Gasteiger partial charge in [-0.15, -0.1) is 15.3 Å².